The van der Waals surface area contributed by atoms with Gasteiger partial charge < -0.3 is 15.3 Å². The van der Waals surface area contributed by atoms with E-state index in [2.05, 4.69) is 5.32 Å². The van der Waals surface area contributed by atoms with Crippen molar-refractivity contribution in [3.8, 4) is 0 Å². The summed E-state index contributed by atoms with van der Waals surface area (Å²) in [6.45, 7) is 1.77. The van der Waals surface area contributed by atoms with Crippen molar-refractivity contribution in [2.75, 3.05) is 6.54 Å². The van der Waals surface area contributed by atoms with Gasteiger partial charge in [-0.1, -0.05) is 18.9 Å². The van der Waals surface area contributed by atoms with E-state index in [1.54, 1.807) is 23.1 Å². The van der Waals surface area contributed by atoms with Gasteiger partial charge in [-0.25, -0.2) is 9.59 Å². The molecule has 2 amide bonds. The van der Waals surface area contributed by atoms with Gasteiger partial charge in [0.15, 0.2) is 0 Å². The lowest BCUT2D eigenvalue weighted by molar-refractivity contribution is 0.0696. The van der Waals surface area contributed by atoms with Crippen molar-refractivity contribution in [1.82, 2.24) is 10.2 Å². The predicted molar refractivity (Wildman–Crippen MR) is 78.0 cm³/mol. The fourth-order valence-corrected chi connectivity index (χ4v) is 2.78. The molecule has 1 aliphatic heterocycles. The van der Waals surface area contributed by atoms with E-state index >= 15 is 0 Å². The number of benzene rings is 1. The van der Waals surface area contributed by atoms with Crippen LogP contribution in [0.25, 0.3) is 0 Å². The second kappa shape index (κ2) is 5.76. The van der Waals surface area contributed by atoms with Gasteiger partial charge in [-0.05, 0) is 42.0 Å². The number of urea groups is 1. The van der Waals surface area contributed by atoms with Crippen LogP contribution in [0.5, 0.6) is 0 Å². The van der Waals surface area contributed by atoms with E-state index in [4.69, 9.17) is 5.11 Å². The van der Waals surface area contributed by atoms with Gasteiger partial charge in [0.1, 0.15) is 0 Å². The van der Waals surface area contributed by atoms with Crippen LogP contribution < -0.4 is 5.32 Å². The van der Waals surface area contributed by atoms with Crippen LogP contribution in [0, 0.1) is 5.92 Å². The smallest absolute Gasteiger partial charge is 0.335 e. The maximum atomic E-state index is 12.1. The Labute approximate surface area is 123 Å². The zero-order valence-corrected chi connectivity index (χ0v) is 12.0. The lowest BCUT2D eigenvalue weighted by Gasteiger charge is -2.16. The number of carbonyl (C=O) groups is 2. The average molecular weight is 288 g/mol. The highest BCUT2D eigenvalue weighted by Gasteiger charge is 2.24. The van der Waals surface area contributed by atoms with Crippen molar-refractivity contribution in [3.63, 3.8) is 0 Å². The molecular formula is C16H20N2O3. The first-order valence-corrected chi connectivity index (χ1v) is 7.51. The highest BCUT2D eigenvalue weighted by molar-refractivity contribution is 5.88. The first-order chi connectivity index (χ1) is 10.1. The van der Waals surface area contributed by atoms with Crippen LogP contribution in [0.3, 0.4) is 0 Å². The monoisotopic (exact) mass is 288 g/mol. The number of hydrogen-bond donors (Lipinski definition) is 2. The molecule has 1 fully saturated rings. The molecule has 21 heavy (non-hydrogen) atoms. The molecule has 1 aromatic carbocycles. The van der Waals surface area contributed by atoms with Crippen molar-refractivity contribution in [3.05, 3.63) is 34.9 Å². The summed E-state index contributed by atoms with van der Waals surface area (Å²) in [5.74, 6) is -0.0341. The lowest BCUT2D eigenvalue weighted by Crippen LogP contribution is -2.36. The molecular weight excluding hydrogens is 268 g/mol. The average Bonchev–Trinajstić information content (AvgIpc) is 3.19. The van der Waals surface area contributed by atoms with Crippen LogP contribution in [0.1, 0.15) is 47.2 Å². The normalized spacial score (nSPS) is 16.7. The Morgan fingerprint density at radius 1 is 1.24 bits per heavy atom. The molecule has 112 valence electrons. The number of aromatic carboxylic acids is 1. The van der Waals surface area contributed by atoms with Gasteiger partial charge in [-0.2, -0.15) is 0 Å². The maximum absolute atomic E-state index is 12.1. The van der Waals surface area contributed by atoms with Gasteiger partial charge in [0.05, 0.1) is 5.56 Å². The van der Waals surface area contributed by atoms with E-state index in [1.807, 2.05) is 0 Å². The van der Waals surface area contributed by atoms with Crippen molar-refractivity contribution in [2.45, 2.75) is 38.8 Å². The molecule has 1 aliphatic carbocycles. The number of rotatable bonds is 5. The van der Waals surface area contributed by atoms with E-state index < -0.39 is 5.97 Å². The quantitative estimate of drug-likeness (QED) is 0.818. The van der Waals surface area contributed by atoms with E-state index in [-0.39, 0.29) is 11.6 Å². The molecule has 0 radical (unpaired) electrons. The third-order valence-corrected chi connectivity index (χ3v) is 4.23. The molecule has 2 N–H and O–H groups in total. The number of carboxylic acid groups (broad SMARTS) is 1. The summed E-state index contributed by atoms with van der Waals surface area (Å²) in [6, 6.07) is 5.01. The summed E-state index contributed by atoms with van der Waals surface area (Å²) in [6.07, 6.45) is 4.95. The summed E-state index contributed by atoms with van der Waals surface area (Å²) in [4.78, 5) is 24.8. The Morgan fingerprint density at radius 2 is 2.00 bits per heavy atom. The zero-order valence-electron chi connectivity index (χ0n) is 12.0. The maximum Gasteiger partial charge on any atom is 0.335 e. The molecule has 0 unspecified atom stereocenters. The Kier molecular flexibility index (Phi) is 3.82. The number of nitrogens with one attached hydrogen (secondary N) is 1. The van der Waals surface area contributed by atoms with Crippen molar-refractivity contribution in [1.29, 1.82) is 0 Å². The van der Waals surface area contributed by atoms with Crippen LogP contribution in [-0.4, -0.2) is 28.6 Å². The van der Waals surface area contributed by atoms with Crippen LogP contribution in [0.15, 0.2) is 18.2 Å². The molecule has 5 heteroatoms. The van der Waals surface area contributed by atoms with Gasteiger partial charge in [0.25, 0.3) is 0 Å². The number of carbonyl (C=O) groups excluding carboxylic acids is 1. The largest absolute Gasteiger partial charge is 0.478 e. The number of nitrogens with zero attached hydrogens (tertiary/aromatic N) is 1. The number of hydrogen-bond acceptors (Lipinski definition) is 2. The van der Waals surface area contributed by atoms with Crippen LogP contribution in [0.4, 0.5) is 4.79 Å². The van der Waals surface area contributed by atoms with Crippen molar-refractivity contribution < 1.29 is 14.7 Å². The van der Waals surface area contributed by atoms with Gasteiger partial charge in [-0.3, -0.25) is 0 Å². The zero-order chi connectivity index (χ0) is 14.8. The van der Waals surface area contributed by atoms with E-state index in [0.717, 1.165) is 30.0 Å². The van der Waals surface area contributed by atoms with Gasteiger partial charge in [0.2, 0.25) is 0 Å². The molecule has 0 aromatic heterocycles. The number of fused-ring (bicyclic) bond motifs is 1. The van der Waals surface area contributed by atoms with Gasteiger partial charge in [-0.15, -0.1) is 0 Å². The first-order valence-electron chi connectivity index (χ1n) is 7.51. The Balaban J connectivity index is 1.51. The molecule has 1 saturated carbocycles. The molecule has 0 atom stereocenters. The van der Waals surface area contributed by atoms with Gasteiger partial charge in [0, 0.05) is 19.6 Å². The van der Waals surface area contributed by atoms with E-state index in [9.17, 15) is 9.59 Å². The fraction of sp³-hybridized carbons (Fsp3) is 0.500. The molecule has 2 aliphatic rings. The third-order valence-electron chi connectivity index (χ3n) is 4.23. The van der Waals surface area contributed by atoms with Crippen molar-refractivity contribution >= 4 is 12.0 Å². The van der Waals surface area contributed by atoms with Crippen LogP contribution in [0.2, 0.25) is 0 Å². The summed E-state index contributed by atoms with van der Waals surface area (Å²) in [5, 5.41) is 11.9. The Morgan fingerprint density at radius 3 is 2.71 bits per heavy atom. The molecule has 3 rings (SSSR count). The Bertz CT molecular complexity index is 567. The van der Waals surface area contributed by atoms with E-state index in [1.165, 1.54) is 19.3 Å². The summed E-state index contributed by atoms with van der Waals surface area (Å²) in [5.41, 5.74) is 2.25. The third kappa shape index (κ3) is 3.35. The second-order valence-corrected chi connectivity index (χ2v) is 5.96. The van der Waals surface area contributed by atoms with Crippen molar-refractivity contribution in [2.24, 2.45) is 5.92 Å². The second-order valence-electron chi connectivity index (χ2n) is 5.96. The highest BCUT2D eigenvalue weighted by atomic mass is 16.4. The SMILES string of the molecule is O=C(O)c1ccc2c(c1)CN(C(=O)NCCCC1CC1)C2. The minimum atomic E-state index is -0.930. The molecule has 0 bridgehead atoms. The summed E-state index contributed by atoms with van der Waals surface area (Å²) < 4.78 is 0. The molecule has 5 nitrogen and oxygen atoms in total. The lowest BCUT2D eigenvalue weighted by atomic mass is 10.1. The summed E-state index contributed by atoms with van der Waals surface area (Å²) >= 11 is 0. The predicted octanol–water partition coefficient (Wildman–Crippen LogP) is 2.60. The minimum absolute atomic E-state index is 0.0566. The van der Waals surface area contributed by atoms with Crippen LogP contribution in [-0.2, 0) is 13.1 Å². The Hall–Kier alpha value is -2.04. The fourth-order valence-electron chi connectivity index (χ4n) is 2.78. The number of carboxylic acids is 1. The van der Waals surface area contributed by atoms with E-state index in [0.29, 0.717) is 13.1 Å². The molecule has 0 spiro atoms. The highest BCUT2D eigenvalue weighted by Crippen LogP contribution is 2.33. The molecule has 1 aromatic rings. The standard InChI is InChI=1S/C16H20N2O3/c19-15(20)12-5-6-13-9-18(10-14(13)8-12)16(21)17-7-1-2-11-3-4-11/h5-6,8,11H,1-4,7,9-10H2,(H,17,21)(H,19,20). The summed E-state index contributed by atoms with van der Waals surface area (Å²) in [7, 11) is 0. The molecule has 0 saturated heterocycles. The molecule has 1 heterocycles. The topological polar surface area (TPSA) is 69.6 Å². The van der Waals surface area contributed by atoms with Gasteiger partial charge >= 0.3 is 12.0 Å². The number of amides is 2. The first kappa shape index (κ1) is 13.9. The minimum Gasteiger partial charge on any atom is -0.478 e. The van der Waals surface area contributed by atoms with Crippen LogP contribution >= 0.6 is 0 Å².